The standard InChI is InChI=1S/C8H5ClN2O/c1-5-6(2-10)3-11-4-7(5)8(9)12/h3-4H,1H3. The summed E-state index contributed by atoms with van der Waals surface area (Å²) in [5.41, 5.74) is 1.24. The zero-order valence-corrected chi connectivity index (χ0v) is 7.09. The van der Waals surface area contributed by atoms with Gasteiger partial charge in [0.25, 0.3) is 5.24 Å². The number of rotatable bonds is 1. The van der Waals surface area contributed by atoms with Crippen LogP contribution in [0.15, 0.2) is 12.4 Å². The lowest BCUT2D eigenvalue weighted by Gasteiger charge is -1.99. The zero-order chi connectivity index (χ0) is 9.14. The molecule has 4 heteroatoms. The van der Waals surface area contributed by atoms with Crippen LogP contribution in [0.25, 0.3) is 0 Å². The van der Waals surface area contributed by atoms with Gasteiger partial charge < -0.3 is 0 Å². The molecule has 0 amide bonds. The third kappa shape index (κ3) is 1.44. The van der Waals surface area contributed by atoms with Gasteiger partial charge in [-0.25, -0.2) is 0 Å². The van der Waals surface area contributed by atoms with Crippen molar-refractivity contribution in [2.45, 2.75) is 6.92 Å². The van der Waals surface area contributed by atoms with E-state index in [9.17, 15) is 4.79 Å². The van der Waals surface area contributed by atoms with E-state index in [0.29, 0.717) is 11.1 Å². The van der Waals surface area contributed by atoms with Gasteiger partial charge in [0, 0.05) is 12.4 Å². The number of aromatic nitrogens is 1. The number of pyridine rings is 1. The van der Waals surface area contributed by atoms with Gasteiger partial charge in [-0.15, -0.1) is 0 Å². The maximum absolute atomic E-state index is 10.8. The van der Waals surface area contributed by atoms with Crippen LogP contribution in [-0.2, 0) is 0 Å². The average molecular weight is 181 g/mol. The van der Waals surface area contributed by atoms with Crippen LogP contribution >= 0.6 is 11.6 Å². The fourth-order valence-electron chi connectivity index (χ4n) is 0.836. The van der Waals surface area contributed by atoms with Crippen molar-refractivity contribution in [2.75, 3.05) is 0 Å². The fraction of sp³-hybridized carbons (Fsp3) is 0.125. The minimum Gasteiger partial charge on any atom is -0.276 e. The van der Waals surface area contributed by atoms with Crippen LogP contribution in [0.3, 0.4) is 0 Å². The molecule has 0 saturated carbocycles. The SMILES string of the molecule is Cc1c(C#N)cncc1C(=O)Cl. The van der Waals surface area contributed by atoms with E-state index in [-0.39, 0.29) is 5.56 Å². The number of carbonyl (C=O) groups excluding carboxylic acids is 1. The normalized spacial score (nSPS) is 9.08. The Morgan fingerprint density at radius 1 is 1.67 bits per heavy atom. The summed E-state index contributed by atoms with van der Waals surface area (Å²) < 4.78 is 0. The van der Waals surface area contributed by atoms with Crippen molar-refractivity contribution in [3.63, 3.8) is 0 Å². The molecule has 0 bridgehead atoms. The van der Waals surface area contributed by atoms with Crippen LogP contribution < -0.4 is 0 Å². The number of halogens is 1. The Kier molecular flexibility index (Phi) is 2.41. The summed E-state index contributed by atoms with van der Waals surface area (Å²) >= 11 is 5.25. The van der Waals surface area contributed by atoms with Crippen LogP contribution in [0.4, 0.5) is 0 Å². The van der Waals surface area contributed by atoms with Crippen LogP contribution in [0.5, 0.6) is 0 Å². The second kappa shape index (κ2) is 3.33. The van der Waals surface area contributed by atoms with E-state index >= 15 is 0 Å². The number of hydrogen-bond acceptors (Lipinski definition) is 3. The van der Waals surface area contributed by atoms with Gasteiger partial charge in [-0.3, -0.25) is 9.78 Å². The highest BCUT2D eigenvalue weighted by molar-refractivity contribution is 6.67. The molecule has 0 N–H and O–H groups in total. The molecule has 12 heavy (non-hydrogen) atoms. The van der Waals surface area contributed by atoms with Crippen molar-refractivity contribution in [2.24, 2.45) is 0 Å². The number of nitrogens with zero attached hydrogens (tertiary/aromatic N) is 2. The van der Waals surface area contributed by atoms with Gasteiger partial charge in [-0.1, -0.05) is 0 Å². The Hall–Kier alpha value is -1.40. The molecule has 0 aliphatic rings. The molecule has 0 saturated heterocycles. The Morgan fingerprint density at radius 3 is 2.83 bits per heavy atom. The molecule has 1 heterocycles. The predicted octanol–water partition coefficient (Wildman–Crippen LogP) is 1.64. The molecule has 0 radical (unpaired) electrons. The molecule has 0 atom stereocenters. The molecular formula is C8H5ClN2O. The summed E-state index contributed by atoms with van der Waals surface area (Å²) in [7, 11) is 0. The summed E-state index contributed by atoms with van der Waals surface area (Å²) in [5.74, 6) is 0. The Morgan fingerprint density at radius 2 is 2.33 bits per heavy atom. The van der Waals surface area contributed by atoms with E-state index in [1.165, 1.54) is 12.4 Å². The van der Waals surface area contributed by atoms with Crippen molar-refractivity contribution in [1.29, 1.82) is 5.26 Å². The van der Waals surface area contributed by atoms with Crippen molar-refractivity contribution in [3.05, 3.63) is 29.1 Å². The first-order chi connectivity index (χ1) is 5.66. The molecule has 1 aromatic rings. The highest BCUT2D eigenvalue weighted by Gasteiger charge is 2.08. The van der Waals surface area contributed by atoms with Gasteiger partial charge in [0.1, 0.15) is 6.07 Å². The van der Waals surface area contributed by atoms with Gasteiger partial charge in [-0.05, 0) is 24.1 Å². The highest BCUT2D eigenvalue weighted by atomic mass is 35.5. The smallest absolute Gasteiger partial charge is 0.254 e. The van der Waals surface area contributed by atoms with Crippen LogP contribution in [0, 0.1) is 18.3 Å². The summed E-state index contributed by atoms with van der Waals surface area (Å²) in [6.07, 6.45) is 2.75. The van der Waals surface area contributed by atoms with Gasteiger partial charge >= 0.3 is 0 Å². The summed E-state index contributed by atoms with van der Waals surface area (Å²) in [4.78, 5) is 14.5. The van der Waals surface area contributed by atoms with Gasteiger partial charge in [-0.2, -0.15) is 5.26 Å². The highest BCUT2D eigenvalue weighted by Crippen LogP contribution is 2.12. The number of carbonyl (C=O) groups is 1. The first kappa shape index (κ1) is 8.69. The lowest BCUT2D eigenvalue weighted by molar-refractivity contribution is 0.108. The van der Waals surface area contributed by atoms with E-state index in [2.05, 4.69) is 4.98 Å². The van der Waals surface area contributed by atoms with Crippen molar-refractivity contribution < 1.29 is 4.79 Å². The average Bonchev–Trinajstić information content (AvgIpc) is 2.04. The van der Waals surface area contributed by atoms with Gasteiger partial charge in [0.15, 0.2) is 0 Å². The topological polar surface area (TPSA) is 53.8 Å². The molecule has 0 aliphatic heterocycles. The first-order valence-corrected chi connectivity index (χ1v) is 3.59. The van der Waals surface area contributed by atoms with E-state index in [0.717, 1.165) is 0 Å². The van der Waals surface area contributed by atoms with E-state index in [4.69, 9.17) is 16.9 Å². The second-order valence-corrected chi connectivity index (χ2v) is 2.59. The molecule has 1 rings (SSSR count). The first-order valence-electron chi connectivity index (χ1n) is 3.21. The molecule has 60 valence electrons. The van der Waals surface area contributed by atoms with Gasteiger partial charge in [0.05, 0.1) is 11.1 Å². The van der Waals surface area contributed by atoms with Crippen LogP contribution in [-0.4, -0.2) is 10.2 Å². The van der Waals surface area contributed by atoms with Crippen molar-refractivity contribution in [3.8, 4) is 6.07 Å². The Balaban J connectivity index is 3.35. The predicted molar refractivity (Wildman–Crippen MR) is 43.9 cm³/mol. The molecule has 0 aliphatic carbocycles. The number of nitriles is 1. The Bertz CT molecular complexity index is 368. The fourth-order valence-corrected chi connectivity index (χ4v) is 1.03. The quantitative estimate of drug-likeness (QED) is 0.618. The minimum atomic E-state index is -0.586. The monoisotopic (exact) mass is 180 g/mol. The largest absolute Gasteiger partial charge is 0.276 e. The minimum absolute atomic E-state index is 0.288. The zero-order valence-electron chi connectivity index (χ0n) is 6.34. The molecule has 0 spiro atoms. The molecule has 0 aromatic carbocycles. The third-order valence-electron chi connectivity index (χ3n) is 1.55. The van der Waals surface area contributed by atoms with Crippen molar-refractivity contribution >= 4 is 16.8 Å². The second-order valence-electron chi connectivity index (χ2n) is 2.25. The maximum atomic E-state index is 10.8. The Labute approximate surface area is 74.6 Å². The molecular weight excluding hydrogens is 176 g/mol. The maximum Gasteiger partial charge on any atom is 0.254 e. The van der Waals surface area contributed by atoms with E-state index in [1.807, 2.05) is 6.07 Å². The molecule has 0 unspecified atom stereocenters. The lowest BCUT2D eigenvalue weighted by Crippen LogP contribution is -1.97. The molecule has 3 nitrogen and oxygen atoms in total. The summed E-state index contributed by atoms with van der Waals surface area (Å²) in [6, 6.07) is 1.92. The molecule has 1 aromatic heterocycles. The van der Waals surface area contributed by atoms with Gasteiger partial charge in [0.2, 0.25) is 0 Å². The summed E-state index contributed by atoms with van der Waals surface area (Å²) in [5, 5.41) is 7.99. The summed E-state index contributed by atoms with van der Waals surface area (Å²) in [6.45, 7) is 1.66. The van der Waals surface area contributed by atoms with Crippen LogP contribution in [0.2, 0.25) is 0 Å². The van der Waals surface area contributed by atoms with E-state index < -0.39 is 5.24 Å². The van der Waals surface area contributed by atoms with E-state index in [1.54, 1.807) is 6.92 Å². The van der Waals surface area contributed by atoms with Crippen LogP contribution in [0.1, 0.15) is 21.5 Å². The third-order valence-corrected chi connectivity index (χ3v) is 1.75. The molecule has 0 fully saturated rings. The number of hydrogen-bond donors (Lipinski definition) is 0. The lowest BCUT2D eigenvalue weighted by atomic mass is 10.1. The van der Waals surface area contributed by atoms with Crippen molar-refractivity contribution in [1.82, 2.24) is 4.98 Å².